The van der Waals surface area contributed by atoms with E-state index in [1.807, 2.05) is 7.05 Å². The lowest BCUT2D eigenvalue weighted by Gasteiger charge is -2.55. The summed E-state index contributed by atoms with van der Waals surface area (Å²) in [5.74, 6) is 3.24. The molecule has 118 valence electrons. The summed E-state index contributed by atoms with van der Waals surface area (Å²) in [6.45, 7) is 0. The molecule has 22 heavy (non-hydrogen) atoms. The Bertz CT molecular complexity index is 586. The van der Waals surface area contributed by atoms with Gasteiger partial charge in [0.05, 0.1) is 0 Å². The van der Waals surface area contributed by atoms with Crippen molar-refractivity contribution in [2.45, 2.75) is 56.8 Å². The lowest BCUT2D eigenvalue weighted by atomic mass is 9.50. The number of carbonyl (C=O) groups is 1. The molecular weight excluding hydrogens is 294 g/mol. The van der Waals surface area contributed by atoms with E-state index in [1.54, 1.807) is 16.2 Å². The van der Waals surface area contributed by atoms with Crippen LogP contribution in [0.25, 0.3) is 0 Å². The maximum Gasteiger partial charge on any atom is 0.231 e. The Hall–Kier alpha value is -0.970. The van der Waals surface area contributed by atoms with Gasteiger partial charge < -0.3 is 0 Å². The van der Waals surface area contributed by atoms with Crippen LogP contribution in [0.3, 0.4) is 0 Å². The van der Waals surface area contributed by atoms with Gasteiger partial charge in [-0.25, -0.2) is 0 Å². The lowest BCUT2D eigenvalue weighted by molar-refractivity contribution is -0.119. The summed E-state index contributed by atoms with van der Waals surface area (Å²) in [5, 5.41) is 11.0. The molecule has 0 atom stereocenters. The third-order valence-electron chi connectivity index (χ3n) is 6.45. The highest BCUT2D eigenvalue weighted by atomic mass is 32.1. The Morgan fingerprint density at radius 1 is 1.09 bits per heavy atom. The predicted octanol–water partition coefficient (Wildman–Crippen LogP) is 3.38. The SMILES string of the molecule is CN(C(=O)C1CC1)c1nnc(C23CC4CC(CC(C4)C2)C3)s1. The summed E-state index contributed by atoms with van der Waals surface area (Å²) in [7, 11) is 1.87. The minimum absolute atomic E-state index is 0.230. The average Bonchev–Trinajstić information content (AvgIpc) is 3.20. The first-order valence-electron chi connectivity index (χ1n) is 8.74. The zero-order valence-electron chi connectivity index (χ0n) is 13.1. The van der Waals surface area contributed by atoms with Gasteiger partial charge in [0, 0.05) is 18.4 Å². The minimum Gasteiger partial charge on any atom is -0.290 e. The number of anilines is 1. The maximum atomic E-state index is 12.2. The van der Waals surface area contributed by atoms with Crippen LogP contribution >= 0.6 is 11.3 Å². The van der Waals surface area contributed by atoms with E-state index in [0.717, 1.165) is 35.7 Å². The van der Waals surface area contributed by atoms with Crippen molar-refractivity contribution < 1.29 is 4.79 Å². The average molecular weight is 317 g/mol. The van der Waals surface area contributed by atoms with Gasteiger partial charge in [-0.15, -0.1) is 10.2 Å². The Morgan fingerprint density at radius 3 is 2.23 bits per heavy atom. The van der Waals surface area contributed by atoms with Crippen molar-refractivity contribution in [1.29, 1.82) is 0 Å². The van der Waals surface area contributed by atoms with Crippen LogP contribution < -0.4 is 4.90 Å². The van der Waals surface area contributed by atoms with Gasteiger partial charge in [-0.05, 0) is 69.1 Å². The Balaban J connectivity index is 1.43. The van der Waals surface area contributed by atoms with E-state index < -0.39 is 0 Å². The third-order valence-corrected chi connectivity index (χ3v) is 7.70. The molecule has 5 saturated carbocycles. The number of aromatic nitrogens is 2. The third kappa shape index (κ3) is 1.97. The minimum atomic E-state index is 0.230. The van der Waals surface area contributed by atoms with Crippen LogP contribution in [-0.4, -0.2) is 23.2 Å². The summed E-state index contributed by atoms with van der Waals surface area (Å²) in [6.07, 6.45) is 10.4. The predicted molar refractivity (Wildman–Crippen MR) is 85.9 cm³/mol. The van der Waals surface area contributed by atoms with E-state index in [9.17, 15) is 4.79 Å². The zero-order chi connectivity index (χ0) is 14.9. The molecule has 0 unspecified atom stereocenters. The van der Waals surface area contributed by atoms with E-state index >= 15 is 0 Å². The molecule has 5 heteroatoms. The van der Waals surface area contributed by atoms with Crippen molar-refractivity contribution in [1.82, 2.24) is 10.2 Å². The van der Waals surface area contributed by atoms with E-state index in [0.29, 0.717) is 5.41 Å². The molecule has 0 radical (unpaired) electrons. The fraction of sp³-hybridized carbons (Fsp3) is 0.824. The fourth-order valence-electron chi connectivity index (χ4n) is 5.64. The molecule has 0 N–H and O–H groups in total. The molecule has 5 aliphatic carbocycles. The van der Waals surface area contributed by atoms with Gasteiger partial charge >= 0.3 is 0 Å². The smallest absolute Gasteiger partial charge is 0.231 e. The van der Waals surface area contributed by atoms with Gasteiger partial charge in [0.15, 0.2) is 0 Å². The van der Waals surface area contributed by atoms with E-state index in [4.69, 9.17) is 0 Å². The summed E-state index contributed by atoms with van der Waals surface area (Å²) in [5.41, 5.74) is 0.300. The second kappa shape index (κ2) is 4.53. The zero-order valence-corrected chi connectivity index (χ0v) is 13.9. The molecule has 0 spiro atoms. The van der Waals surface area contributed by atoms with Crippen LogP contribution in [0, 0.1) is 23.7 Å². The van der Waals surface area contributed by atoms with Crippen LogP contribution in [0.5, 0.6) is 0 Å². The molecule has 1 heterocycles. The fourth-order valence-corrected chi connectivity index (χ4v) is 6.67. The molecule has 6 rings (SSSR count). The first kappa shape index (κ1) is 13.5. The van der Waals surface area contributed by atoms with Crippen LogP contribution in [-0.2, 0) is 10.2 Å². The van der Waals surface area contributed by atoms with E-state index in [-0.39, 0.29) is 11.8 Å². The number of hydrogen-bond acceptors (Lipinski definition) is 4. The van der Waals surface area contributed by atoms with Crippen LogP contribution in [0.2, 0.25) is 0 Å². The van der Waals surface area contributed by atoms with Gasteiger partial charge in [-0.3, -0.25) is 9.69 Å². The second-order valence-corrected chi connectivity index (χ2v) is 9.22. The van der Waals surface area contributed by atoms with Crippen molar-refractivity contribution in [3.05, 3.63) is 5.01 Å². The van der Waals surface area contributed by atoms with Gasteiger partial charge in [0.2, 0.25) is 11.0 Å². The normalized spacial score (nSPS) is 39.2. The molecule has 0 aliphatic heterocycles. The van der Waals surface area contributed by atoms with Gasteiger partial charge in [0.25, 0.3) is 0 Å². The summed E-state index contributed by atoms with van der Waals surface area (Å²) in [6, 6.07) is 0. The lowest BCUT2D eigenvalue weighted by Crippen LogP contribution is -2.48. The molecule has 1 aromatic heterocycles. The number of amides is 1. The topological polar surface area (TPSA) is 46.1 Å². The van der Waals surface area contributed by atoms with Crippen molar-refractivity contribution >= 4 is 22.4 Å². The van der Waals surface area contributed by atoms with Gasteiger partial charge in [0.1, 0.15) is 5.01 Å². The summed E-state index contributed by atoms with van der Waals surface area (Å²) < 4.78 is 0. The molecule has 0 aromatic carbocycles. The highest BCUT2D eigenvalue weighted by Gasteiger charge is 2.53. The van der Waals surface area contributed by atoms with Crippen molar-refractivity contribution in [2.75, 3.05) is 11.9 Å². The summed E-state index contributed by atoms with van der Waals surface area (Å²) >= 11 is 1.69. The van der Waals surface area contributed by atoms with Crippen LogP contribution in [0.1, 0.15) is 56.4 Å². The molecule has 5 aliphatic rings. The number of hydrogen-bond donors (Lipinski definition) is 0. The van der Waals surface area contributed by atoms with E-state index in [2.05, 4.69) is 10.2 Å². The molecule has 1 aromatic rings. The monoisotopic (exact) mass is 317 g/mol. The molecule has 4 bridgehead atoms. The van der Waals surface area contributed by atoms with Crippen LogP contribution in [0.15, 0.2) is 0 Å². The highest BCUT2D eigenvalue weighted by molar-refractivity contribution is 7.15. The van der Waals surface area contributed by atoms with Crippen LogP contribution in [0.4, 0.5) is 5.13 Å². The highest BCUT2D eigenvalue weighted by Crippen LogP contribution is 2.61. The second-order valence-electron chi connectivity index (χ2n) is 8.26. The largest absolute Gasteiger partial charge is 0.290 e. The van der Waals surface area contributed by atoms with Crippen molar-refractivity contribution in [3.8, 4) is 0 Å². The maximum absolute atomic E-state index is 12.2. The molecule has 0 saturated heterocycles. The first-order chi connectivity index (χ1) is 10.6. The quantitative estimate of drug-likeness (QED) is 0.858. The number of carbonyl (C=O) groups excluding carboxylic acids is 1. The molecule has 5 fully saturated rings. The Morgan fingerprint density at radius 2 is 1.68 bits per heavy atom. The standard InChI is InChI=1S/C17H23N3OS/c1-20(14(21)13-2-3-13)16-19-18-15(22-16)17-7-10-4-11(8-17)6-12(5-10)9-17/h10-13H,2-9H2,1H3. The number of nitrogens with zero attached hydrogens (tertiary/aromatic N) is 3. The van der Waals surface area contributed by atoms with Gasteiger partial charge in [-0.2, -0.15) is 0 Å². The first-order valence-corrected chi connectivity index (χ1v) is 9.56. The van der Waals surface area contributed by atoms with E-state index in [1.165, 1.54) is 43.5 Å². The molecule has 4 nitrogen and oxygen atoms in total. The van der Waals surface area contributed by atoms with Crippen molar-refractivity contribution in [2.24, 2.45) is 23.7 Å². The molecular formula is C17H23N3OS. The Labute approximate surface area is 135 Å². The number of rotatable bonds is 3. The van der Waals surface area contributed by atoms with Crippen molar-refractivity contribution in [3.63, 3.8) is 0 Å². The molecule has 1 amide bonds. The van der Waals surface area contributed by atoms with Gasteiger partial charge in [-0.1, -0.05) is 11.3 Å². The Kier molecular flexibility index (Phi) is 2.77. The summed E-state index contributed by atoms with van der Waals surface area (Å²) in [4.78, 5) is 14.0.